The highest BCUT2D eigenvalue weighted by molar-refractivity contribution is 5.69. The summed E-state index contributed by atoms with van der Waals surface area (Å²) >= 11 is 0. The Morgan fingerprint density at radius 1 is 1.64 bits per heavy atom. The lowest BCUT2D eigenvalue weighted by molar-refractivity contribution is -0.141. The number of carbonyl (C=O) groups is 1. The summed E-state index contributed by atoms with van der Waals surface area (Å²) in [6.45, 7) is 6.69. The van der Waals surface area contributed by atoms with Crippen molar-refractivity contribution >= 4 is 5.97 Å². The SMILES string of the molecule is COC(=O)CC[C@@H]1CC=C(C)C1(C)C. The van der Waals surface area contributed by atoms with Crippen molar-refractivity contribution in [3.05, 3.63) is 11.6 Å². The summed E-state index contributed by atoms with van der Waals surface area (Å²) in [5, 5.41) is 0. The molecule has 1 aliphatic rings. The van der Waals surface area contributed by atoms with Crippen molar-refractivity contribution in [1.82, 2.24) is 0 Å². The van der Waals surface area contributed by atoms with Crippen LogP contribution in [0.3, 0.4) is 0 Å². The van der Waals surface area contributed by atoms with E-state index in [-0.39, 0.29) is 11.4 Å². The minimum atomic E-state index is -0.0923. The lowest BCUT2D eigenvalue weighted by Crippen LogP contribution is -2.21. The molecule has 0 aliphatic heterocycles. The average molecular weight is 196 g/mol. The van der Waals surface area contributed by atoms with Gasteiger partial charge in [-0.1, -0.05) is 25.5 Å². The summed E-state index contributed by atoms with van der Waals surface area (Å²) in [7, 11) is 1.45. The van der Waals surface area contributed by atoms with Gasteiger partial charge in [-0.05, 0) is 31.1 Å². The largest absolute Gasteiger partial charge is 0.469 e. The molecule has 0 aromatic carbocycles. The number of allylic oxidation sites excluding steroid dienone is 2. The summed E-state index contributed by atoms with van der Waals surface area (Å²) in [6.07, 6.45) is 4.89. The quantitative estimate of drug-likeness (QED) is 0.512. The van der Waals surface area contributed by atoms with Gasteiger partial charge < -0.3 is 4.74 Å². The number of hydrogen-bond acceptors (Lipinski definition) is 2. The second-order valence-corrected chi connectivity index (χ2v) is 4.66. The zero-order valence-electron chi connectivity index (χ0n) is 9.59. The van der Waals surface area contributed by atoms with Gasteiger partial charge in [-0.2, -0.15) is 0 Å². The molecule has 0 saturated heterocycles. The maximum atomic E-state index is 11.0. The number of esters is 1. The van der Waals surface area contributed by atoms with Gasteiger partial charge >= 0.3 is 5.97 Å². The normalized spacial score (nSPS) is 24.6. The Kier molecular flexibility index (Phi) is 3.35. The lowest BCUT2D eigenvalue weighted by atomic mass is 9.76. The van der Waals surface area contributed by atoms with Crippen LogP contribution in [0.5, 0.6) is 0 Å². The molecule has 0 spiro atoms. The summed E-state index contributed by atoms with van der Waals surface area (Å²) in [6, 6.07) is 0. The molecule has 0 unspecified atom stereocenters. The van der Waals surface area contributed by atoms with Crippen molar-refractivity contribution in [3.63, 3.8) is 0 Å². The van der Waals surface area contributed by atoms with Crippen LogP contribution in [0.25, 0.3) is 0 Å². The molecule has 2 heteroatoms. The van der Waals surface area contributed by atoms with Gasteiger partial charge in [-0.3, -0.25) is 4.79 Å². The molecular weight excluding hydrogens is 176 g/mol. The maximum absolute atomic E-state index is 11.0. The molecule has 0 saturated carbocycles. The standard InChI is InChI=1S/C12H20O2/c1-9-5-6-10(12(9,2)3)7-8-11(13)14-4/h5,10H,6-8H2,1-4H3/t10-/m0/s1. The van der Waals surface area contributed by atoms with E-state index in [1.807, 2.05) is 0 Å². The number of hydrogen-bond donors (Lipinski definition) is 0. The molecule has 0 heterocycles. The van der Waals surface area contributed by atoms with E-state index in [0.717, 1.165) is 12.8 Å². The monoisotopic (exact) mass is 196 g/mol. The lowest BCUT2D eigenvalue weighted by Gasteiger charge is -2.29. The Morgan fingerprint density at radius 2 is 2.29 bits per heavy atom. The van der Waals surface area contributed by atoms with Gasteiger partial charge in [0.25, 0.3) is 0 Å². The molecule has 1 atom stereocenters. The highest BCUT2D eigenvalue weighted by Gasteiger charge is 2.34. The van der Waals surface area contributed by atoms with Crippen LogP contribution >= 0.6 is 0 Å². The fraction of sp³-hybridized carbons (Fsp3) is 0.750. The molecule has 80 valence electrons. The Morgan fingerprint density at radius 3 is 2.71 bits per heavy atom. The predicted molar refractivity (Wildman–Crippen MR) is 56.9 cm³/mol. The highest BCUT2D eigenvalue weighted by Crippen LogP contribution is 2.45. The van der Waals surface area contributed by atoms with Crippen LogP contribution < -0.4 is 0 Å². The molecule has 0 fully saturated rings. The van der Waals surface area contributed by atoms with Gasteiger partial charge in [-0.25, -0.2) is 0 Å². The van der Waals surface area contributed by atoms with E-state index in [1.165, 1.54) is 12.7 Å². The summed E-state index contributed by atoms with van der Waals surface area (Å²) < 4.78 is 4.65. The fourth-order valence-corrected chi connectivity index (χ4v) is 2.07. The fourth-order valence-electron chi connectivity index (χ4n) is 2.07. The first-order chi connectivity index (χ1) is 6.48. The zero-order chi connectivity index (χ0) is 10.8. The smallest absolute Gasteiger partial charge is 0.305 e. The van der Waals surface area contributed by atoms with Gasteiger partial charge in [0.2, 0.25) is 0 Å². The third-order valence-electron chi connectivity index (χ3n) is 3.67. The third kappa shape index (κ3) is 2.17. The van der Waals surface area contributed by atoms with E-state index in [2.05, 4.69) is 31.6 Å². The Labute approximate surface area is 86.3 Å². The van der Waals surface area contributed by atoms with Gasteiger partial charge in [0.15, 0.2) is 0 Å². The van der Waals surface area contributed by atoms with E-state index in [9.17, 15) is 4.79 Å². The number of ether oxygens (including phenoxy) is 1. The molecule has 0 radical (unpaired) electrons. The molecule has 0 aromatic rings. The van der Waals surface area contributed by atoms with Gasteiger partial charge in [0.1, 0.15) is 0 Å². The van der Waals surface area contributed by atoms with Gasteiger partial charge in [0, 0.05) is 6.42 Å². The predicted octanol–water partition coefficient (Wildman–Crippen LogP) is 2.93. The van der Waals surface area contributed by atoms with Crippen molar-refractivity contribution < 1.29 is 9.53 Å². The van der Waals surface area contributed by atoms with Crippen LogP contribution in [0.15, 0.2) is 11.6 Å². The number of methoxy groups -OCH3 is 1. The van der Waals surface area contributed by atoms with E-state index >= 15 is 0 Å². The van der Waals surface area contributed by atoms with Crippen LogP contribution in [0, 0.1) is 11.3 Å². The van der Waals surface area contributed by atoms with Crippen molar-refractivity contribution in [3.8, 4) is 0 Å². The summed E-state index contributed by atoms with van der Waals surface area (Å²) in [5.41, 5.74) is 1.71. The molecular formula is C12H20O2. The molecule has 2 nitrogen and oxygen atoms in total. The van der Waals surface area contributed by atoms with Crippen molar-refractivity contribution in [2.24, 2.45) is 11.3 Å². The molecule has 1 rings (SSSR count). The third-order valence-corrected chi connectivity index (χ3v) is 3.67. The number of carbonyl (C=O) groups excluding carboxylic acids is 1. The first kappa shape index (κ1) is 11.3. The second-order valence-electron chi connectivity index (χ2n) is 4.66. The average Bonchev–Trinajstić information content (AvgIpc) is 2.39. The Balaban J connectivity index is 2.45. The molecule has 0 amide bonds. The zero-order valence-corrected chi connectivity index (χ0v) is 9.59. The molecule has 0 N–H and O–H groups in total. The van der Waals surface area contributed by atoms with E-state index in [1.54, 1.807) is 0 Å². The molecule has 0 aromatic heterocycles. The summed E-state index contributed by atoms with van der Waals surface area (Å²) in [5.74, 6) is 0.506. The molecule has 1 aliphatic carbocycles. The second kappa shape index (κ2) is 4.16. The Hall–Kier alpha value is -0.790. The van der Waals surface area contributed by atoms with Crippen molar-refractivity contribution in [2.75, 3.05) is 7.11 Å². The minimum Gasteiger partial charge on any atom is -0.469 e. The Bertz CT molecular complexity index is 251. The van der Waals surface area contributed by atoms with Crippen molar-refractivity contribution in [2.45, 2.75) is 40.0 Å². The van der Waals surface area contributed by atoms with Crippen LogP contribution in [0.4, 0.5) is 0 Å². The van der Waals surface area contributed by atoms with Crippen LogP contribution in [-0.2, 0) is 9.53 Å². The molecule has 0 bridgehead atoms. The van der Waals surface area contributed by atoms with Gasteiger partial charge in [0.05, 0.1) is 7.11 Å². The van der Waals surface area contributed by atoms with E-state index < -0.39 is 0 Å². The van der Waals surface area contributed by atoms with Crippen LogP contribution in [0.2, 0.25) is 0 Å². The highest BCUT2D eigenvalue weighted by atomic mass is 16.5. The van der Waals surface area contributed by atoms with E-state index in [4.69, 9.17) is 0 Å². The van der Waals surface area contributed by atoms with E-state index in [0.29, 0.717) is 12.3 Å². The molecule has 14 heavy (non-hydrogen) atoms. The minimum absolute atomic E-state index is 0.0923. The maximum Gasteiger partial charge on any atom is 0.305 e. The van der Waals surface area contributed by atoms with Crippen LogP contribution in [-0.4, -0.2) is 13.1 Å². The van der Waals surface area contributed by atoms with Crippen LogP contribution in [0.1, 0.15) is 40.0 Å². The summed E-state index contributed by atoms with van der Waals surface area (Å²) in [4.78, 5) is 11.0. The number of rotatable bonds is 3. The van der Waals surface area contributed by atoms with Gasteiger partial charge in [-0.15, -0.1) is 0 Å². The topological polar surface area (TPSA) is 26.3 Å². The van der Waals surface area contributed by atoms with Crippen molar-refractivity contribution in [1.29, 1.82) is 0 Å². The first-order valence-electron chi connectivity index (χ1n) is 5.22. The first-order valence-corrected chi connectivity index (χ1v) is 5.22.